The highest BCUT2D eigenvalue weighted by molar-refractivity contribution is 6.38. The third-order valence-corrected chi connectivity index (χ3v) is 16.4. The smallest absolute Gasteiger partial charge is 0.0634 e. The molecule has 0 unspecified atom stereocenters. The van der Waals surface area contributed by atoms with Crippen LogP contribution in [0.15, 0.2) is 218 Å². The number of fused-ring (bicyclic) bond motifs is 12. The maximum Gasteiger partial charge on any atom is 0.0634 e. The molecule has 15 aromatic rings. The molecule has 0 aliphatic rings. The van der Waals surface area contributed by atoms with E-state index in [1.807, 2.05) is 0 Å². The Morgan fingerprint density at radius 1 is 0.276 bits per heavy atom. The molecule has 0 bridgehead atoms. The summed E-state index contributed by atoms with van der Waals surface area (Å²) in [5.74, 6) is 0. The molecule has 4 heteroatoms. The molecule has 76 heavy (non-hydrogen) atoms. The van der Waals surface area contributed by atoms with Crippen LogP contribution in [0.4, 0.5) is 34.1 Å². The number of aryl methyl sites for hydroxylation is 6. The predicted octanol–water partition coefficient (Wildman–Crippen LogP) is 20.1. The first-order valence-corrected chi connectivity index (χ1v) is 26.6. The lowest BCUT2D eigenvalue weighted by Crippen LogP contribution is -2.11. The molecule has 4 heterocycles. The van der Waals surface area contributed by atoms with E-state index in [0.29, 0.717) is 0 Å². The summed E-state index contributed by atoms with van der Waals surface area (Å²) < 4.78 is 5.24. The second-order valence-electron chi connectivity index (χ2n) is 21.3. The van der Waals surface area contributed by atoms with Crippen LogP contribution in [0.5, 0.6) is 0 Å². The van der Waals surface area contributed by atoms with Crippen molar-refractivity contribution in [2.45, 2.75) is 41.5 Å². The molecule has 0 amide bonds. The van der Waals surface area contributed by atoms with E-state index in [1.165, 1.54) is 143 Å². The fourth-order valence-electron chi connectivity index (χ4n) is 12.9. The van der Waals surface area contributed by atoms with E-state index >= 15 is 0 Å². The van der Waals surface area contributed by atoms with Crippen molar-refractivity contribution >= 4 is 110 Å². The predicted molar refractivity (Wildman–Crippen MR) is 324 cm³/mol. The number of para-hydroxylation sites is 2. The summed E-state index contributed by atoms with van der Waals surface area (Å²) in [4.78, 5) is 4.88. The molecular formula is C72H54N4. The van der Waals surface area contributed by atoms with Crippen LogP contribution in [0, 0.1) is 41.5 Å². The van der Waals surface area contributed by atoms with Gasteiger partial charge in [-0.25, -0.2) is 0 Å². The second-order valence-corrected chi connectivity index (χ2v) is 21.3. The van der Waals surface area contributed by atoms with Crippen molar-refractivity contribution in [1.82, 2.24) is 8.80 Å². The first-order valence-electron chi connectivity index (χ1n) is 26.6. The molecule has 4 aromatic heterocycles. The lowest BCUT2D eigenvalue weighted by atomic mass is 9.89. The van der Waals surface area contributed by atoms with Crippen LogP contribution in [0.3, 0.4) is 0 Å². The van der Waals surface area contributed by atoms with Crippen LogP contribution >= 0.6 is 0 Å². The van der Waals surface area contributed by atoms with Gasteiger partial charge in [0.05, 0.1) is 33.1 Å². The summed E-state index contributed by atoms with van der Waals surface area (Å²) in [5, 5.41) is 10.0. The minimum atomic E-state index is 1.13. The quantitative estimate of drug-likeness (QED) is 0.151. The number of nitrogens with zero attached hydrogens (tertiary/aromatic N) is 4. The molecule has 15 rings (SSSR count). The van der Waals surface area contributed by atoms with Crippen LogP contribution in [0.1, 0.15) is 33.4 Å². The van der Waals surface area contributed by atoms with Gasteiger partial charge in [0.25, 0.3) is 0 Å². The van der Waals surface area contributed by atoms with Gasteiger partial charge in [-0.3, -0.25) is 0 Å². The molecular weight excluding hydrogens is 921 g/mol. The Labute approximate surface area is 442 Å². The van der Waals surface area contributed by atoms with Crippen molar-refractivity contribution in [3.05, 3.63) is 252 Å². The van der Waals surface area contributed by atoms with Gasteiger partial charge in [-0.2, -0.15) is 0 Å². The van der Waals surface area contributed by atoms with Gasteiger partial charge >= 0.3 is 0 Å². The standard InChI is InChI=1S/C72H54N4/c1-43-25-31-51(32-26-43)73(63-39-45(3)23-29-47(63)5)53-35-37-61-59(41-53)55-19-13-21-57-67-66(50-17-11-8-12-18-50)72-68(65(49-15-9-7-10-16-49)71(67)75(61)69(55)57)58-22-14-20-56-60-42-54(36-38-62(60)76(72)70(56)58)74(52-33-27-44(2)28-34-52)64-40-46(4)24-30-48(64)6/h7-42H,1-6H3. The summed E-state index contributed by atoms with van der Waals surface area (Å²) in [6, 6.07) is 82.1. The average Bonchev–Trinajstić information content (AvgIpc) is 4.20. The molecule has 4 nitrogen and oxygen atoms in total. The molecule has 0 aliphatic carbocycles. The lowest BCUT2D eigenvalue weighted by molar-refractivity contribution is 1.23. The van der Waals surface area contributed by atoms with Gasteiger partial charge < -0.3 is 18.6 Å². The molecule has 11 aromatic carbocycles. The topological polar surface area (TPSA) is 15.3 Å². The van der Waals surface area contributed by atoms with E-state index in [0.717, 1.165) is 22.7 Å². The summed E-state index contributed by atoms with van der Waals surface area (Å²) in [7, 11) is 0. The number of anilines is 6. The average molecular weight is 975 g/mol. The number of rotatable bonds is 8. The highest BCUT2D eigenvalue weighted by Crippen LogP contribution is 2.55. The highest BCUT2D eigenvalue weighted by atomic mass is 15.2. The molecule has 0 aliphatic heterocycles. The Bertz CT molecular complexity index is 4480. The van der Waals surface area contributed by atoms with Gasteiger partial charge in [0.2, 0.25) is 0 Å². The molecule has 0 spiro atoms. The number of hydrogen-bond acceptors (Lipinski definition) is 2. The Kier molecular flexibility index (Phi) is 9.62. The molecule has 0 saturated heterocycles. The Balaban J connectivity index is 1.07. The van der Waals surface area contributed by atoms with Gasteiger partial charge in [0.15, 0.2) is 0 Å². The number of hydrogen-bond donors (Lipinski definition) is 0. The SMILES string of the molecule is Cc1ccc(N(c2ccc3c(c2)c2cccc4c5c(-c6ccccc6)c6c(c(-c7ccccc7)c5n3c24)c2cccc3c4cc(N(c5ccc(C)cc5)c5cc(C)ccc5C)ccc4n6c32)c2cc(C)ccc2C)cc1. The maximum atomic E-state index is 2.62. The number of aromatic nitrogens is 2. The van der Waals surface area contributed by atoms with Crippen LogP contribution in [0.25, 0.3) is 98.4 Å². The van der Waals surface area contributed by atoms with Crippen molar-refractivity contribution in [3.63, 3.8) is 0 Å². The van der Waals surface area contributed by atoms with E-state index < -0.39 is 0 Å². The fourth-order valence-corrected chi connectivity index (χ4v) is 12.9. The molecule has 0 N–H and O–H groups in total. The van der Waals surface area contributed by atoms with Crippen molar-refractivity contribution in [1.29, 1.82) is 0 Å². The Morgan fingerprint density at radius 2 is 0.645 bits per heavy atom. The molecule has 0 radical (unpaired) electrons. The van der Waals surface area contributed by atoms with Crippen molar-refractivity contribution in [2.75, 3.05) is 9.80 Å². The van der Waals surface area contributed by atoms with Crippen molar-refractivity contribution in [2.24, 2.45) is 0 Å². The second kappa shape index (κ2) is 16.6. The Hall–Kier alpha value is -9.38. The molecule has 0 fully saturated rings. The van der Waals surface area contributed by atoms with Gasteiger partial charge in [-0.05, 0) is 148 Å². The van der Waals surface area contributed by atoms with Crippen LogP contribution < -0.4 is 9.80 Å². The monoisotopic (exact) mass is 974 g/mol. The van der Waals surface area contributed by atoms with Crippen LogP contribution in [-0.2, 0) is 0 Å². The van der Waals surface area contributed by atoms with E-state index in [-0.39, 0.29) is 0 Å². The van der Waals surface area contributed by atoms with Gasteiger partial charge in [0, 0.05) is 88.3 Å². The number of benzene rings is 11. The lowest BCUT2D eigenvalue weighted by Gasteiger charge is -2.27. The zero-order chi connectivity index (χ0) is 51.1. The third-order valence-electron chi connectivity index (χ3n) is 16.4. The van der Waals surface area contributed by atoms with E-state index in [9.17, 15) is 0 Å². The first kappa shape index (κ1) is 44.1. The van der Waals surface area contributed by atoms with E-state index in [4.69, 9.17) is 0 Å². The Morgan fingerprint density at radius 3 is 1.05 bits per heavy atom. The minimum Gasteiger partial charge on any atom is -0.310 e. The van der Waals surface area contributed by atoms with Crippen LogP contribution in [0.2, 0.25) is 0 Å². The normalized spacial score (nSPS) is 12.1. The molecule has 0 atom stereocenters. The third kappa shape index (κ3) is 6.37. The van der Waals surface area contributed by atoms with E-state index in [1.54, 1.807) is 0 Å². The summed E-state index contributed by atoms with van der Waals surface area (Å²) in [6.07, 6.45) is 0. The van der Waals surface area contributed by atoms with Crippen LogP contribution in [-0.4, -0.2) is 8.80 Å². The summed E-state index contributed by atoms with van der Waals surface area (Å²) in [6.45, 7) is 13.1. The van der Waals surface area contributed by atoms with Gasteiger partial charge in [-0.15, -0.1) is 0 Å². The molecule has 362 valence electrons. The first-order chi connectivity index (χ1) is 37.2. The van der Waals surface area contributed by atoms with E-state index in [2.05, 4.69) is 279 Å². The largest absolute Gasteiger partial charge is 0.310 e. The van der Waals surface area contributed by atoms with Gasteiger partial charge in [0.1, 0.15) is 0 Å². The molecule has 0 saturated carbocycles. The van der Waals surface area contributed by atoms with Gasteiger partial charge in [-0.1, -0.05) is 157 Å². The minimum absolute atomic E-state index is 1.13. The zero-order valence-electron chi connectivity index (χ0n) is 43.6. The summed E-state index contributed by atoms with van der Waals surface area (Å²) >= 11 is 0. The fraction of sp³-hybridized carbons (Fsp3) is 0.0833. The van der Waals surface area contributed by atoms with Crippen molar-refractivity contribution in [3.8, 4) is 22.3 Å². The maximum absolute atomic E-state index is 2.62. The summed E-state index contributed by atoms with van der Waals surface area (Å²) in [5.41, 5.74) is 26.6. The van der Waals surface area contributed by atoms with Crippen molar-refractivity contribution < 1.29 is 0 Å². The highest BCUT2D eigenvalue weighted by Gasteiger charge is 2.31. The zero-order valence-corrected chi connectivity index (χ0v) is 43.6.